The number of hydrogen-bond donors (Lipinski definition) is 1. The van der Waals surface area contributed by atoms with Crippen LogP contribution in [0.15, 0.2) is 97.1 Å². The lowest BCUT2D eigenvalue weighted by Crippen LogP contribution is -2.29. The fourth-order valence-corrected chi connectivity index (χ4v) is 5.64. The van der Waals surface area contributed by atoms with Gasteiger partial charge in [-0.1, -0.05) is 78.6 Å². The Bertz CT molecular complexity index is 1690. The van der Waals surface area contributed by atoms with Gasteiger partial charge in [-0.05, 0) is 54.8 Å². The van der Waals surface area contributed by atoms with Crippen LogP contribution in [-0.2, 0) is 20.9 Å². The number of benzene rings is 3. The van der Waals surface area contributed by atoms with E-state index < -0.39 is 23.7 Å². The number of aliphatic hydroxyl groups is 1. The fraction of sp³-hybridized carbons (Fsp3) is 0.152. The van der Waals surface area contributed by atoms with E-state index >= 15 is 0 Å². The number of anilines is 1. The van der Waals surface area contributed by atoms with Gasteiger partial charge in [-0.15, -0.1) is 0 Å². The van der Waals surface area contributed by atoms with E-state index in [1.54, 1.807) is 55.5 Å². The maximum absolute atomic E-state index is 13.5. The van der Waals surface area contributed by atoms with E-state index in [1.807, 2.05) is 37.3 Å². The molecule has 0 spiro atoms. The van der Waals surface area contributed by atoms with Crippen molar-refractivity contribution < 1.29 is 29.0 Å². The molecule has 0 saturated carbocycles. The molecule has 1 unspecified atom stereocenters. The summed E-state index contributed by atoms with van der Waals surface area (Å²) < 4.78 is 11.1. The number of aliphatic hydroxyl groups excluding tert-OH is 1. The second-order valence-electron chi connectivity index (χ2n) is 9.62. The van der Waals surface area contributed by atoms with Gasteiger partial charge in [0.05, 0.1) is 17.3 Å². The van der Waals surface area contributed by atoms with Gasteiger partial charge in [0.2, 0.25) is 0 Å². The van der Waals surface area contributed by atoms with Crippen molar-refractivity contribution in [1.29, 1.82) is 0 Å². The van der Waals surface area contributed by atoms with Crippen molar-refractivity contribution >= 4 is 39.9 Å². The highest BCUT2D eigenvalue weighted by molar-refractivity contribution is 7.17. The maximum atomic E-state index is 13.5. The molecule has 1 aromatic heterocycles. The van der Waals surface area contributed by atoms with Gasteiger partial charge in [0.25, 0.3) is 5.78 Å². The summed E-state index contributed by atoms with van der Waals surface area (Å²) >= 11 is 0.948. The molecule has 212 valence electrons. The van der Waals surface area contributed by atoms with Gasteiger partial charge in [-0.2, -0.15) is 0 Å². The number of amides is 1. The number of esters is 1. The topological polar surface area (TPSA) is 106 Å². The van der Waals surface area contributed by atoms with Crippen molar-refractivity contribution in [1.82, 2.24) is 4.98 Å². The first kappa shape index (κ1) is 28.5. The molecular weight excluding hydrogens is 552 g/mol. The zero-order valence-corrected chi connectivity index (χ0v) is 23.9. The molecule has 1 amide bonds. The minimum Gasteiger partial charge on any atom is -0.507 e. The molecule has 9 heteroatoms. The summed E-state index contributed by atoms with van der Waals surface area (Å²) in [6.07, 6.45) is 1.45. The molecule has 1 N–H and O–H groups in total. The first-order valence-electron chi connectivity index (χ1n) is 13.2. The Morgan fingerprint density at radius 1 is 1.02 bits per heavy atom. The summed E-state index contributed by atoms with van der Waals surface area (Å²) in [5.41, 5.74) is 3.40. The van der Waals surface area contributed by atoms with Crippen molar-refractivity contribution in [2.75, 3.05) is 11.5 Å². The number of carbonyl (C=O) groups excluding carboxylic acids is 3. The van der Waals surface area contributed by atoms with Crippen LogP contribution in [0.2, 0.25) is 0 Å². The number of rotatable bonds is 9. The predicted octanol–water partition coefficient (Wildman–Crippen LogP) is 6.31. The summed E-state index contributed by atoms with van der Waals surface area (Å²) in [6.45, 7) is 7.59. The smallest absolute Gasteiger partial charge is 0.350 e. The van der Waals surface area contributed by atoms with Crippen LogP contribution in [-0.4, -0.2) is 34.4 Å². The van der Waals surface area contributed by atoms with Gasteiger partial charge in [-0.25, -0.2) is 9.78 Å². The number of thiazole rings is 1. The quantitative estimate of drug-likeness (QED) is 0.0813. The Morgan fingerprint density at radius 2 is 1.71 bits per heavy atom. The Morgan fingerprint density at radius 3 is 2.40 bits per heavy atom. The first-order chi connectivity index (χ1) is 20.3. The average molecular weight is 581 g/mol. The third-order valence-corrected chi connectivity index (χ3v) is 7.99. The minimum atomic E-state index is -0.967. The first-order valence-corrected chi connectivity index (χ1v) is 14.0. The number of aryl methyl sites for hydroxylation is 2. The van der Waals surface area contributed by atoms with Crippen molar-refractivity contribution in [3.05, 3.63) is 130 Å². The van der Waals surface area contributed by atoms with Crippen LogP contribution in [0.25, 0.3) is 5.76 Å². The average Bonchev–Trinajstić information content (AvgIpc) is 3.52. The standard InChI is InChI=1S/C33H28N2O6S/c1-4-18-40-32(39)30-21(3)34-33(42-30)35-27(22-11-6-5-7-12-22)26(29(37)31(35)38)28(36)23-14-16-25(17-15-23)41-19-24-13-9-8-10-20(24)2/h4-17,27,36H,1,18-19H2,2-3H3. The molecule has 3 aromatic carbocycles. The van der Waals surface area contributed by atoms with Crippen molar-refractivity contribution in [2.45, 2.75) is 26.5 Å². The fourth-order valence-electron chi connectivity index (χ4n) is 4.65. The van der Waals surface area contributed by atoms with E-state index in [9.17, 15) is 19.5 Å². The van der Waals surface area contributed by atoms with E-state index in [-0.39, 0.29) is 27.9 Å². The monoisotopic (exact) mass is 580 g/mol. The third-order valence-electron chi connectivity index (χ3n) is 6.85. The molecule has 2 heterocycles. The molecule has 1 fully saturated rings. The van der Waals surface area contributed by atoms with Crippen LogP contribution in [0.1, 0.15) is 43.7 Å². The SMILES string of the molecule is C=CCOC(=O)c1sc(N2C(=O)C(=O)C(=C(O)c3ccc(OCc4ccccc4C)cc3)C2c2ccccc2)nc1C. The molecular formula is C33H28N2O6S. The summed E-state index contributed by atoms with van der Waals surface area (Å²) in [6, 6.07) is 22.5. The number of nitrogens with zero attached hydrogens (tertiary/aromatic N) is 2. The molecule has 4 aromatic rings. The summed E-state index contributed by atoms with van der Waals surface area (Å²) in [5, 5.41) is 11.6. The zero-order chi connectivity index (χ0) is 29.8. The number of hydrogen-bond acceptors (Lipinski definition) is 8. The van der Waals surface area contributed by atoms with Crippen LogP contribution < -0.4 is 9.64 Å². The van der Waals surface area contributed by atoms with Gasteiger partial charge in [0.15, 0.2) is 5.13 Å². The molecule has 0 aliphatic carbocycles. The number of ether oxygens (including phenoxy) is 2. The number of aromatic nitrogens is 1. The number of Topliss-reactive ketones (excluding diaryl/α,β-unsaturated/α-hetero) is 1. The Balaban J connectivity index is 1.50. The van der Waals surface area contributed by atoms with E-state index in [1.165, 1.54) is 11.0 Å². The van der Waals surface area contributed by atoms with Crippen molar-refractivity contribution in [2.24, 2.45) is 0 Å². The molecule has 0 bridgehead atoms. The van der Waals surface area contributed by atoms with Gasteiger partial charge in [0, 0.05) is 5.56 Å². The molecule has 0 radical (unpaired) electrons. The second kappa shape index (κ2) is 12.2. The maximum Gasteiger partial charge on any atom is 0.350 e. The van der Waals surface area contributed by atoms with Gasteiger partial charge >= 0.3 is 11.9 Å². The van der Waals surface area contributed by atoms with E-state index in [0.29, 0.717) is 29.2 Å². The highest BCUT2D eigenvalue weighted by atomic mass is 32.1. The lowest BCUT2D eigenvalue weighted by molar-refractivity contribution is -0.132. The van der Waals surface area contributed by atoms with Crippen LogP contribution in [0.4, 0.5) is 5.13 Å². The highest BCUT2D eigenvalue weighted by Gasteiger charge is 2.48. The lowest BCUT2D eigenvalue weighted by atomic mass is 9.95. The van der Waals surface area contributed by atoms with E-state index in [4.69, 9.17) is 9.47 Å². The molecule has 1 saturated heterocycles. The molecule has 8 nitrogen and oxygen atoms in total. The molecule has 1 atom stereocenters. The molecule has 42 heavy (non-hydrogen) atoms. The third kappa shape index (κ3) is 5.59. The molecule has 1 aliphatic rings. The Labute approximate surface area is 247 Å². The van der Waals surface area contributed by atoms with Crippen LogP contribution >= 0.6 is 11.3 Å². The molecule has 5 rings (SSSR count). The van der Waals surface area contributed by atoms with Crippen molar-refractivity contribution in [3.63, 3.8) is 0 Å². The van der Waals surface area contributed by atoms with Gasteiger partial charge in [0.1, 0.15) is 29.6 Å². The van der Waals surface area contributed by atoms with Gasteiger partial charge in [-0.3, -0.25) is 14.5 Å². The normalized spacial score (nSPS) is 16.0. The largest absolute Gasteiger partial charge is 0.507 e. The second-order valence-corrected chi connectivity index (χ2v) is 10.6. The minimum absolute atomic E-state index is 0.0236. The van der Waals surface area contributed by atoms with E-state index in [0.717, 1.165) is 22.5 Å². The predicted molar refractivity (Wildman–Crippen MR) is 161 cm³/mol. The van der Waals surface area contributed by atoms with E-state index in [2.05, 4.69) is 11.6 Å². The van der Waals surface area contributed by atoms with Crippen molar-refractivity contribution in [3.8, 4) is 5.75 Å². The van der Waals surface area contributed by atoms with Crippen LogP contribution in [0.3, 0.4) is 0 Å². The Kier molecular flexibility index (Phi) is 8.31. The molecule has 1 aliphatic heterocycles. The Hall–Kier alpha value is -5.02. The summed E-state index contributed by atoms with van der Waals surface area (Å²) in [5.74, 6) is -2.06. The summed E-state index contributed by atoms with van der Waals surface area (Å²) in [4.78, 5) is 45.3. The highest BCUT2D eigenvalue weighted by Crippen LogP contribution is 2.44. The van der Waals surface area contributed by atoms with Gasteiger partial charge < -0.3 is 14.6 Å². The zero-order valence-electron chi connectivity index (χ0n) is 23.1. The van der Waals surface area contributed by atoms with Crippen LogP contribution in [0, 0.1) is 13.8 Å². The summed E-state index contributed by atoms with van der Waals surface area (Å²) in [7, 11) is 0. The number of carbonyl (C=O) groups is 3. The van der Waals surface area contributed by atoms with Crippen LogP contribution in [0.5, 0.6) is 5.75 Å². The lowest BCUT2D eigenvalue weighted by Gasteiger charge is -2.23. The number of ketones is 1.